The summed E-state index contributed by atoms with van der Waals surface area (Å²) < 4.78 is 43.4. The largest absolute Gasteiger partial charge is 0.741 e. The van der Waals surface area contributed by atoms with Gasteiger partial charge in [-0.05, 0) is 86.0 Å². The van der Waals surface area contributed by atoms with Gasteiger partial charge in [0.15, 0.2) is 5.70 Å². The standard InChI is InChI=1S/C42H45BF2N8O2/c1-30-25-31(2)41(32(3)26-30)42-37-14-16-39(52(37)43(44,45)53-38(42)15-17-40(53)55-24-21-46-33(4)54)51(29-36-13-7-10-20-49-36)23-22-50(27-34-11-5-8-18-47-34)28-35-12-6-9-19-48-35/h5-20,25-26H,21-24,27-29H2,1-4H3,(H,46,54). The summed E-state index contributed by atoms with van der Waals surface area (Å²) >= 11 is 0. The molecule has 10 nitrogen and oxygen atoms in total. The molecule has 1 amide bonds. The molecule has 2 aliphatic rings. The lowest BCUT2D eigenvalue weighted by Gasteiger charge is -2.37. The van der Waals surface area contributed by atoms with E-state index >= 15 is 8.63 Å². The summed E-state index contributed by atoms with van der Waals surface area (Å²) in [7, 11) is 0. The Kier molecular flexibility index (Phi) is 11.0. The zero-order chi connectivity index (χ0) is 38.5. The van der Waals surface area contributed by atoms with Gasteiger partial charge in [0.05, 0.1) is 47.6 Å². The fraction of sp³-hybridized carbons (Fsp3) is 0.262. The SMILES string of the molecule is CC(=O)NCCOC1=[N+]2C(=C(c3c(C)cc(C)cc3C)c3ccc(N(CCN(Cc4ccccn4)Cc4ccccn4)Cc4ccccn4)n3[B-]2(F)F)C=C1. The van der Waals surface area contributed by atoms with E-state index in [1.54, 1.807) is 36.8 Å². The van der Waals surface area contributed by atoms with Gasteiger partial charge in [-0.15, -0.1) is 0 Å². The molecule has 0 saturated heterocycles. The molecule has 1 N–H and O–H groups in total. The minimum absolute atomic E-state index is 0.0312. The fourth-order valence-electron chi connectivity index (χ4n) is 7.64. The number of nitrogens with one attached hydrogen (secondary N) is 1. The highest BCUT2D eigenvalue weighted by Crippen LogP contribution is 2.44. The molecule has 4 aromatic heterocycles. The van der Waals surface area contributed by atoms with Crippen LogP contribution in [0.5, 0.6) is 0 Å². The zero-order valence-electron chi connectivity index (χ0n) is 31.6. The van der Waals surface area contributed by atoms with E-state index in [4.69, 9.17) is 4.74 Å². The second-order valence-corrected chi connectivity index (χ2v) is 14.0. The minimum atomic E-state index is -4.47. The van der Waals surface area contributed by atoms with Crippen LogP contribution < -0.4 is 10.2 Å². The number of carbonyl (C=O) groups excluding carboxylic acids is 1. The predicted octanol–water partition coefficient (Wildman–Crippen LogP) is 6.44. The molecule has 0 bridgehead atoms. The number of hydrogen-bond acceptors (Lipinski definition) is 7. The minimum Gasteiger partial charge on any atom is -0.446 e. The van der Waals surface area contributed by atoms with Crippen LogP contribution in [0.4, 0.5) is 14.4 Å². The Morgan fingerprint density at radius 1 is 0.818 bits per heavy atom. The van der Waals surface area contributed by atoms with Crippen LogP contribution in [0.15, 0.2) is 115 Å². The first kappa shape index (κ1) is 37.4. The third-order valence-electron chi connectivity index (χ3n) is 9.88. The summed E-state index contributed by atoms with van der Waals surface area (Å²) in [6.45, 7) is 5.58. The summed E-state index contributed by atoms with van der Waals surface area (Å²) in [5, 5.41) is 2.69. The predicted molar refractivity (Wildman–Crippen MR) is 211 cm³/mol. The van der Waals surface area contributed by atoms with E-state index in [-0.39, 0.29) is 25.0 Å². The molecule has 5 aromatic rings. The van der Waals surface area contributed by atoms with Crippen molar-refractivity contribution in [1.82, 2.24) is 29.6 Å². The van der Waals surface area contributed by atoms with E-state index < -0.39 is 6.97 Å². The Hall–Kier alpha value is -5.95. The number of pyridine rings is 3. The van der Waals surface area contributed by atoms with Gasteiger partial charge >= 0.3 is 12.9 Å². The number of rotatable bonds is 14. The van der Waals surface area contributed by atoms with Crippen molar-refractivity contribution in [2.45, 2.75) is 47.3 Å². The second-order valence-electron chi connectivity index (χ2n) is 14.0. The van der Waals surface area contributed by atoms with Gasteiger partial charge in [-0.2, -0.15) is 0 Å². The van der Waals surface area contributed by atoms with E-state index in [2.05, 4.69) is 37.3 Å². The Balaban J connectivity index is 1.33. The lowest BCUT2D eigenvalue weighted by atomic mass is 9.83. The van der Waals surface area contributed by atoms with Crippen LogP contribution in [0.2, 0.25) is 0 Å². The van der Waals surface area contributed by atoms with Crippen molar-refractivity contribution >= 4 is 30.2 Å². The molecule has 55 heavy (non-hydrogen) atoms. The van der Waals surface area contributed by atoms with Gasteiger partial charge < -0.3 is 28.1 Å². The highest BCUT2D eigenvalue weighted by molar-refractivity contribution is 6.58. The molecule has 13 heteroatoms. The molecule has 0 saturated carbocycles. The molecule has 2 aliphatic heterocycles. The number of fused-ring (bicyclic) bond motifs is 2. The van der Waals surface area contributed by atoms with E-state index in [9.17, 15) is 4.79 Å². The normalized spacial score (nSPS) is 14.3. The van der Waals surface area contributed by atoms with E-state index in [1.807, 2.05) is 86.3 Å². The first-order valence-electron chi connectivity index (χ1n) is 18.6. The van der Waals surface area contributed by atoms with Crippen LogP contribution in [0.3, 0.4) is 0 Å². The molecule has 0 unspecified atom stereocenters. The molecular weight excluding hydrogens is 697 g/mol. The van der Waals surface area contributed by atoms with Gasteiger partial charge in [-0.3, -0.25) is 29.1 Å². The van der Waals surface area contributed by atoms with E-state index in [0.717, 1.165) is 43.8 Å². The number of carbonyl (C=O) groups is 1. The summed E-state index contributed by atoms with van der Waals surface area (Å²) in [4.78, 5) is 29.5. The van der Waals surface area contributed by atoms with Gasteiger partial charge in [0.1, 0.15) is 6.61 Å². The number of aromatic nitrogens is 4. The number of halogens is 2. The molecule has 282 valence electrons. The van der Waals surface area contributed by atoms with Crippen LogP contribution in [0, 0.1) is 20.8 Å². The maximum absolute atomic E-state index is 17.6. The highest BCUT2D eigenvalue weighted by Gasteiger charge is 2.56. The third kappa shape index (κ3) is 8.12. The van der Waals surface area contributed by atoms with Crippen LogP contribution in [0.25, 0.3) is 5.57 Å². The number of anilines is 1. The first-order valence-corrected chi connectivity index (χ1v) is 18.6. The van der Waals surface area contributed by atoms with Gasteiger partial charge in [0.2, 0.25) is 5.91 Å². The number of allylic oxidation sites excluding steroid dienone is 1. The first-order chi connectivity index (χ1) is 26.6. The van der Waals surface area contributed by atoms with E-state index in [1.165, 1.54) is 11.4 Å². The Labute approximate surface area is 320 Å². The van der Waals surface area contributed by atoms with Crippen LogP contribution >= 0.6 is 0 Å². The average molecular weight is 743 g/mol. The Bertz CT molecular complexity index is 2190. The number of hydrogen-bond donors (Lipinski definition) is 1. The number of aryl methyl sites for hydroxylation is 3. The average Bonchev–Trinajstić information content (AvgIpc) is 3.81. The van der Waals surface area contributed by atoms with Crippen molar-refractivity contribution in [3.05, 3.63) is 160 Å². The molecule has 0 fully saturated rings. The highest BCUT2D eigenvalue weighted by atomic mass is 19.2. The van der Waals surface area contributed by atoms with Crippen LogP contribution in [-0.4, -0.2) is 73.8 Å². The molecule has 0 spiro atoms. The molecule has 0 aliphatic carbocycles. The summed E-state index contributed by atoms with van der Waals surface area (Å²) in [6.07, 6.45) is 8.59. The van der Waals surface area contributed by atoms with Crippen molar-refractivity contribution in [2.75, 3.05) is 31.1 Å². The monoisotopic (exact) mass is 742 g/mol. The molecule has 0 radical (unpaired) electrons. The van der Waals surface area contributed by atoms with Crippen LogP contribution in [-0.2, 0) is 29.2 Å². The molecule has 0 atom stereocenters. The number of amides is 1. The molecule has 6 heterocycles. The van der Waals surface area contributed by atoms with E-state index in [0.29, 0.717) is 55.5 Å². The number of ether oxygens (including phenoxy) is 1. The van der Waals surface area contributed by atoms with Crippen molar-refractivity contribution < 1.29 is 22.6 Å². The maximum atomic E-state index is 17.6. The van der Waals surface area contributed by atoms with Crippen molar-refractivity contribution in [3.8, 4) is 0 Å². The topological polar surface area (TPSA) is 91.4 Å². The van der Waals surface area contributed by atoms with Gasteiger partial charge in [0, 0.05) is 63.5 Å². The summed E-state index contributed by atoms with van der Waals surface area (Å²) in [5.74, 6) is 0.179. The molecule has 7 rings (SSSR count). The molecule has 1 aromatic carbocycles. The van der Waals surface area contributed by atoms with Gasteiger partial charge in [-0.1, -0.05) is 35.9 Å². The quantitative estimate of drug-likeness (QED) is 0.104. The number of nitrogens with zero attached hydrogens (tertiary/aromatic N) is 7. The van der Waals surface area contributed by atoms with Gasteiger partial charge in [-0.25, -0.2) is 0 Å². The Morgan fingerprint density at radius 3 is 1.98 bits per heavy atom. The van der Waals surface area contributed by atoms with Crippen molar-refractivity contribution in [2.24, 2.45) is 0 Å². The third-order valence-corrected chi connectivity index (χ3v) is 9.88. The zero-order valence-corrected chi connectivity index (χ0v) is 31.6. The van der Waals surface area contributed by atoms with Gasteiger partial charge in [0.25, 0.3) is 0 Å². The van der Waals surface area contributed by atoms with Crippen LogP contribution in [0.1, 0.15) is 52.0 Å². The lowest BCUT2D eigenvalue weighted by molar-refractivity contribution is -0.372. The number of benzene rings is 1. The second kappa shape index (κ2) is 16.2. The summed E-state index contributed by atoms with van der Waals surface area (Å²) in [5.41, 5.74) is 8.05. The maximum Gasteiger partial charge on any atom is 0.741 e. The smallest absolute Gasteiger partial charge is 0.446 e. The van der Waals surface area contributed by atoms with Crippen molar-refractivity contribution in [1.29, 1.82) is 0 Å². The summed E-state index contributed by atoms with van der Waals surface area (Å²) in [6, 6.07) is 25.1. The fourth-order valence-corrected chi connectivity index (χ4v) is 7.64. The molecular formula is C42H45BF2N8O2. The Morgan fingerprint density at radius 2 is 1.42 bits per heavy atom. The lowest BCUT2D eigenvalue weighted by Crippen LogP contribution is -2.52. The van der Waals surface area contributed by atoms with Crippen molar-refractivity contribution in [3.63, 3.8) is 0 Å².